The Balaban J connectivity index is 1.79. The highest BCUT2D eigenvalue weighted by Crippen LogP contribution is 2.24. The van der Waals surface area contributed by atoms with Crippen molar-refractivity contribution in [1.82, 2.24) is 25.9 Å². The number of carbonyl (C=O) groups excluding carboxylic acids is 2. The molecule has 10 nitrogen and oxygen atoms in total. The van der Waals surface area contributed by atoms with Gasteiger partial charge in [-0.15, -0.1) is 10.2 Å². The number of primary amides is 1. The predicted octanol–water partition coefficient (Wildman–Crippen LogP) is 0.277. The smallest absolute Gasteiger partial charge is 0.268 e. The molecule has 1 aromatic carbocycles. The standard InChI is InChI=1S/C16H20N8O2/c1-2-6-11(15-19-22-23-20-15)18-16(26)12-9-13(14(17)25)24(21-12)10-7-4-3-5-8-10/h3-5,7-8,11,13H,2,6,9H2,1H3,(H2,17,25)(H,18,26)(H,19,20,22,23)/t11-,13-/m0/s1. The second kappa shape index (κ2) is 7.72. The van der Waals surface area contributed by atoms with Gasteiger partial charge in [0.15, 0.2) is 5.82 Å². The fraction of sp³-hybridized carbons (Fsp3) is 0.375. The lowest BCUT2D eigenvalue weighted by molar-refractivity contribution is -0.119. The molecule has 26 heavy (non-hydrogen) atoms. The lowest BCUT2D eigenvalue weighted by atomic mass is 10.1. The minimum absolute atomic E-state index is 0.140. The van der Waals surface area contributed by atoms with Gasteiger partial charge < -0.3 is 11.1 Å². The summed E-state index contributed by atoms with van der Waals surface area (Å²) in [5.41, 5.74) is 6.43. The number of nitrogens with one attached hydrogen (secondary N) is 2. The molecule has 1 aliphatic heterocycles. The fourth-order valence-corrected chi connectivity index (χ4v) is 2.80. The number of carbonyl (C=O) groups is 2. The molecular formula is C16H20N8O2. The van der Waals surface area contributed by atoms with Gasteiger partial charge in [-0.05, 0) is 18.6 Å². The van der Waals surface area contributed by atoms with Crippen LogP contribution in [0.5, 0.6) is 0 Å². The maximum absolute atomic E-state index is 12.7. The normalized spacial score (nSPS) is 17.7. The van der Waals surface area contributed by atoms with E-state index in [1.807, 2.05) is 25.1 Å². The van der Waals surface area contributed by atoms with E-state index in [1.54, 1.807) is 12.1 Å². The lowest BCUT2D eigenvalue weighted by Crippen LogP contribution is -2.40. The summed E-state index contributed by atoms with van der Waals surface area (Å²) in [6.07, 6.45) is 1.62. The molecule has 4 N–H and O–H groups in total. The zero-order chi connectivity index (χ0) is 18.5. The molecule has 136 valence electrons. The number of tetrazole rings is 1. The first kappa shape index (κ1) is 17.5. The molecule has 3 rings (SSSR count). The molecule has 2 aromatic rings. The summed E-state index contributed by atoms with van der Waals surface area (Å²) >= 11 is 0. The minimum atomic E-state index is -0.701. The maximum Gasteiger partial charge on any atom is 0.268 e. The number of aromatic nitrogens is 4. The monoisotopic (exact) mass is 356 g/mol. The highest BCUT2D eigenvalue weighted by atomic mass is 16.2. The van der Waals surface area contributed by atoms with E-state index in [2.05, 4.69) is 31.0 Å². The number of hydrogen-bond acceptors (Lipinski definition) is 7. The van der Waals surface area contributed by atoms with Crippen LogP contribution in [0.15, 0.2) is 35.4 Å². The van der Waals surface area contributed by atoms with Crippen LogP contribution in [-0.2, 0) is 9.59 Å². The van der Waals surface area contributed by atoms with Crippen LogP contribution >= 0.6 is 0 Å². The number of hydrazone groups is 1. The topological polar surface area (TPSA) is 142 Å². The molecule has 0 saturated carbocycles. The molecule has 0 saturated heterocycles. The van der Waals surface area contributed by atoms with Gasteiger partial charge in [-0.1, -0.05) is 36.8 Å². The van der Waals surface area contributed by atoms with Crippen LogP contribution in [-0.4, -0.2) is 44.2 Å². The van der Waals surface area contributed by atoms with Crippen molar-refractivity contribution in [3.8, 4) is 0 Å². The Labute approximate surface area is 149 Å². The Morgan fingerprint density at radius 1 is 1.38 bits per heavy atom. The third-order valence-electron chi connectivity index (χ3n) is 4.08. The van der Waals surface area contributed by atoms with Crippen LogP contribution < -0.4 is 16.1 Å². The van der Waals surface area contributed by atoms with E-state index in [9.17, 15) is 9.59 Å². The summed E-state index contributed by atoms with van der Waals surface area (Å²) in [4.78, 5) is 24.5. The molecule has 2 amide bonds. The van der Waals surface area contributed by atoms with Crippen molar-refractivity contribution >= 4 is 23.2 Å². The second-order valence-electron chi connectivity index (χ2n) is 5.93. The van der Waals surface area contributed by atoms with Gasteiger partial charge in [0.1, 0.15) is 11.8 Å². The summed E-state index contributed by atoms with van der Waals surface area (Å²) in [5.74, 6) is -0.508. The molecular weight excluding hydrogens is 336 g/mol. The van der Waals surface area contributed by atoms with Crippen molar-refractivity contribution < 1.29 is 9.59 Å². The number of rotatable bonds is 7. The van der Waals surface area contributed by atoms with Crippen molar-refractivity contribution in [3.05, 3.63) is 36.2 Å². The van der Waals surface area contributed by atoms with Crippen molar-refractivity contribution in [1.29, 1.82) is 0 Å². The van der Waals surface area contributed by atoms with Crippen LogP contribution in [0, 0.1) is 0 Å². The molecule has 0 spiro atoms. The van der Waals surface area contributed by atoms with E-state index in [4.69, 9.17) is 5.73 Å². The van der Waals surface area contributed by atoms with E-state index in [0.717, 1.165) is 6.42 Å². The number of nitrogens with zero attached hydrogens (tertiary/aromatic N) is 5. The zero-order valence-corrected chi connectivity index (χ0v) is 14.3. The third kappa shape index (κ3) is 3.68. The molecule has 1 aliphatic rings. The summed E-state index contributed by atoms with van der Waals surface area (Å²) in [7, 11) is 0. The average Bonchev–Trinajstić information content (AvgIpc) is 3.32. The van der Waals surface area contributed by atoms with Crippen LogP contribution in [0.25, 0.3) is 0 Å². The average molecular weight is 356 g/mol. The molecule has 0 fully saturated rings. The Morgan fingerprint density at radius 3 is 2.77 bits per heavy atom. The van der Waals surface area contributed by atoms with Gasteiger partial charge in [-0.25, -0.2) is 0 Å². The quantitative estimate of drug-likeness (QED) is 0.650. The van der Waals surface area contributed by atoms with Crippen LogP contribution in [0.2, 0.25) is 0 Å². The first-order valence-corrected chi connectivity index (χ1v) is 8.35. The largest absolute Gasteiger partial charge is 0.368 e. The summed E-state index contributed by atoms with van der Waals surface area (Å²) in [6.45, 7) is 1.99. The van der Waals surface area contributed by atoms with Crippen LogP contribution in [0.1, 0.15) is 38.1 Å². The van der Waals surface area contributed by atoms with Gasteiger partial charge in [0, 0.05) is 6.42 Å². The van der Waals surface area contributed by atoms with E-state index < -0.39 is 11.9 Å². The number of nitrogens with two attached hydrogens (primary N) is 1. The first-order valence-electron chi connectivity index (χ1n) is 8.35. The van der Waals surface area contributed by atoms with E-state index >= 15 is 0 Å². The van der Waals surface area contributed by atoms with E-state index in [0.29, 0.717) is 17.9 Å². The highest BCUT2D eigenvalue weighted by Gasteiger charge is 2.35. The summed E-state index contributed by atoms with van der Waals surface area (Å²) < 4.78 is 0. The van der Waals surface area contributed by atoms with Crippen molar-refractivity contribution in [2.45, 2.75) is 38.3 Å². The van der Waals surface area contributed by atoms with Gasteiger partial charge in [0.25, 0.3) is 5.91 Å². The Bertz CT molecular complexity index is 790. The SMILES string of the molecule is CCC[C@H](NC(=O)C1=NN(c2ccccc2)[C@H](C(N)=O)C1)c1nn[nH]n1. The van der Waals surface area contributed by atoms with Crippen molar-refractivity contribution in [2.75, 3.05) is 5.01 Å². The number of hydrogen-bond donors (Lipinski definition) is 3. The first-order chi connectivity index (χ1) is 12.6. The minimum Gasteiger partial charge on any atom is -0.368 e. The number of anilines is 1. The second-order valence-corrected chi connectivity index (χ2v) is 5.93. The number of H-pyrrole nitrogens is 1. The van der Waals surface area contributed by atoms with E-state index in [-0.39, 0.29) is 24.1 Å². The van der Waals surface area contributed by atoms with Gasteiger partial charge in [0.2, 0.25) is 5.91 Å². The third-order valence-corrected chi connectivity index (χ3v) is 4.08. The van der Waals surface area contributed by atoms with Crippen LogP contribution in [0.4, 0.5) is 5.69 Å². The fourth-order valence-electron chi connectivity index (χ4n) is 2.80. The molecule has 2 heterocycles. The lowest BCUT2D eigenvalue weighted by Gasteiger charge is -2.20. The molecule has 0 aliphatic carbocycles. The molecule has 0 radical (unpaired) electrons. The van der Waals surface area contributed by atoms with Gasteiger partial charge >= 0.3 is 0 Å². The number of para-hydroxylation sites is 1. The molecule has 0 unspecified atom stereocenters. The predicted molar refractivity (Wildman–Crippen MR) is 93.9 cm³/mol. The summed E-state index contributed by atoms with van der Waals surface area (Å²) in [5, 5.41) is 22.5. The van der Waals surface area contributed by atoms with Crippen LogP contribution in [0.3, 0.4) is 0 Å². The number of benzene rings is 1. The Kier molecular flexibility index (Phi) is 5.20. The van der Waals surface area contributed by atoms with Gasteiger partial charge in [0.05, 0.1) is 11.7 Å². The Hall–Kier alpha value is -3.30. The molecule has 0 bridgehead atoms. The van der Waals surface area contributed by atoms with E-state index in [1.165, 1.54) is 5.01 Å². The molecule has 1 aromatic heterocycles. The van der Waals surface area contributed by atoms with Gasteiger partial charge in [-0.2, -0.15) is 10.3 Å². The number of aromatic amines is 1. The molecule has 10 heteroatoms. The number of amides is 2. The van der Waals surface area contributed by atoms with Gasteiger partial charge in [-0.3, -0.25) is 14.6 Å². The molecule has 2 atom stereocenters. The van der Waals surface area contributed by atoms with Crippen molar-refractivity contribution in [2.24, 2.45) is 10.8 Å². The summed E-state index contributed by atoms with van der Waals surface area (Å²) in [6, 6.07) is 8.04. The maximum atomic E-state index is 12.7. The zero-order valence-electron chi connectivity index (χ0n) is 14.3. The van der Waals surface area contributed by atoms with Crippen molar-refractivity contribution in [3.63, 3.8) is 0 Å². The Morgan fingerprint density at radius 2 is 2.15 bits per heavy atom. The highest BCUT2D eigenvalue weighted by molar-refractivity contribution is 6.40.